The van der Waals surface area contributed by atoms with Gasteiger partial charge in [-0.1, -0.05) is 0 Å². The van der Waals surface area contributed by atoms with Crippen molar-refractivity contribution in [3.05, 3.63) is 40.8 Å². The van der Waals surface area contributed by atoms with E-state index in [9.17, 15) is 5.11 Å². The van der Waals surface area contributed by atoms with Crippen molar-refractivity contribution in [1.82, 2.24) is 9.97 Å². The minimum absolute atomic E-state index is 0.400. The van der Waals surface area contributed by atoms with E-state index < -0.39 is 5.60 Å². The Morgan fingerprint density at radius 1 is 1.26 bits per heavy atom. The van der Waals surface area contributed by atoms with Crippen LogP contribution < -0.4 is 4.74 Å². The van der Waals surface area contributed by atoms with E-state index in [1.165, 1.54) is 0 Å². The molecular weight excluding hydrogens is 308 g/mol. The minimum atomic E-state index is -1.06. The van der Waals surface area contributed by atoms with E-state index in [1.807, 2.05) is 24.3 Å². The molecule has 0 radical (unpaired) electrons. The number of hydrogen-bond acceptors (Lipinski definition) is 4. The molecule has 0 aliphatic carbocycles. The maximum Gasteiger partial charge on any atom is 0.159 e. The Kier molecular flexibility index (Phi) is 3.87. The lowest BCUT2D eigenvalue weighted by molar-refractivity contribution is 0.0688. The number of halogens is 1. The highest BCUT2D eigenvalue weighted by Crippen LogP contribution is 2.30. The number of methoxy groups -OCH3 is 1. The van der Waals surface area contributed by atoms with Crippen molar-refractivity contribution in [2.45, 2.75) is 19.4 Å². The van der Waals surface area contributed by atoms with Crippen LogP contribution in [0.25, 0.3) is 11.3 Å². The summed E-state index contributed by atoms with van der Waals surface area (Å²) in [5, 5.41) is 9.94. The Hall–Kier alpha value is -1.46. The van der Waals surface area contributed by atoms with Gasteiger partial charge in [0, 0.05) is 11.8 Å². The summed E-state index contributed by atoms with van der Waals surface area (Å²) in [4.78, 5) is 8.48. The number of nitrogens with zero attached hydrogens (tertiary/aromatic N) is 2. The van der Waals surface area contributed by atoms with Gasteiger partial charge >= 0.3 is 0 Å². The number of rotatable bonds is 3. The zero-order valence-electron chi connectivity index (χ0n) is 11.0. The standard InChI is InChI=1S/C14H15BrN2O2/c1-14(2,18)13-16-7-6-11(17-13)9-4-5-12(19-3)10(15)8-9/h4-8,18H,1-3H3. The minimum Gasteiger partial charge on any atom is -0.496 e. The van der Waals surface area contributed by atoms with E-state index in [4.69, 9.17) is 4.74 Å². The van der Waals surface area contributed by atoms with Gasteiger partial charge in [0.1, 0.15) is 11.4 Å². The molecule has 0 saturated carbocycles. The number of aromatic nitrogens is 2. The molecule has 0 bridgehead atoms. The summed E-state index contributed by atoms with van der Waals surface area (Å²) in [6, 6.07) is 7.52. The third-order valence-electron chi connectivity index (χ3n) is 2.65. The van der Waals surface area contributed by atoms with Crippen molar-refractivity contribution in [1.29, 1.82) is 0 Å². The second-order valence-electron chi connectivity index (χ2n) is 4.67. The van der Waals surface area contributed by atoms with Crippen LogP contribution in [0.2, 0.25) is 0 Å². The molecule has 1 heterocycles. The molecule has 0 spiro atoms. The fourth-order valence-corrected chi connectivity index (χ4v) is 2.18. The summed E-state index contributed by atoms with van der Waals surface area (Å²) in [5.74, 6) is 1.16. The molecule has 0 fully saturated rings. The number of hydrogen-bond donors (Lipinski definition) is 1. The number of benzene rings is 1. The summed E-state index contributed by atoms with van der Waals surface area (Å²) in [5.41, 5.74) is 0.635. The van der Waals surface area contributed by atoms with Crippen LogP contribution in [-0.2, 0) is 5.60 Å². The van der Waals surface area contributed by atoms with Gasteiger partial charge in [0.2, 0.25) is 0 Å². The summed E-state index contributed by atoms with van der Waals surface area (Å²) >= 11 is 3.44. The molecule has 1 aromatic heterocycles. The Balaban J connectivity index is 2.45. The third-order valence-corrected chi connectivity index (χ3v) is 3.27. The second kappa shape index (κ2) is 5.27. The van der Waals surface area contributed by atoms with Gasteiger partial charge in [0.15, 0.2) is 5.82 Å². The largest absolute Gasteiger partial charge is 0.496 e. The smallest absolute Gasteiger partial charge is 0.159 e. The Labute approximate surface area is 120 Å². The monoisotopic (exact) mass is 322 g/mol. The fraction of sp³-hybridized carbons (Fsp3) is 0.286. The van der Waals surface area contributed by atoms with Crippen molar-refractivity contribution >= 4 is 15.9 Å². The normalized spacial score (nSPS) is 11.4. The van der Waals surface area contributed by atoms with Gasteiger partial charge in [-0.15, -0.1) is 0 Å². The van der Waals surface area contributed by atoms with E-state index in [0.717, 1.165) is 21.5 Å². The first-order valence-electron chi connectivity index (χ1n) is 5.81. The zero-order chi connectivity index (χ0) is 14.0. The van der Waals surface area contributed by atoms with Crippen LogP contribution in [0, 0.1) is 0 Å². The average Bonchev–Trinajstić information content (AvgIpc) is 2.38. The molecule has 0 aliphatic heterocycles. The Morgan fingerprint density at radius 3 is 2.58 bits per heavy atom. The summed E-state index contributed by atoms with van der Waals surface area (Å²) in [6.07, 6.45) is 1.65. The van der Waals surface area contributed by atoms with E-state index >= 15 is 0 Å². The highest BCUT2D eigenvalue weighted by molar-refractivity contribution is 9.10. The molecule has 4 nitrogen and oxygen atoms in total. The van der Waals surface area contributed by atoms with Crippen molar-refractivity contribution in [2.75, 3.05) is 7.11 Å². The quantitative estimate of drug-likeness (QED) is 0.943. The lowest BCUT2D eigenvalue weighted by Gasteiger charge is -2.16. The molecule has 0 atom stereocenters. The predicted octanol–water partition coefficient (Wildman–Crippen LogP) is 3.14. The van der Waals surface area contributed by atoms with E-state index in [-0.39, 0.29) is 0 Å². The van der Waals surface area contributed by atoms with Crippen molar-refractivity contribution in [3.63, 3.8) is 0 Å². The lowest BCUT2D eigenvalue weighted by atomic mass is 10.1. The first-order chi connectivity index (χ1) is 8.91. The van der Waals surface area contributed by atoms with Crippen LogP contribution in [0.4, 0.5) is 0 Å². The van der Waals surface area contributed by atoms with Gasteiger partial charge in [-0.25, -0.2) is 9.97 Å². The molecule has 100 valence electrons. The van der Waals surface area contributed by atoms with Crippen LogP contribution >= 0.6 is 15.9 Å². The highest BCUT2D eigenvalue weighted by atomic mass is 79.9. The Bertz CT molecular complexity index is 594. The maximum atomic E-state index is 9.94. The van der Waals surface area contributed by atoms with Gasteiger partial charge in [-0.2, -0.15) is 0 Å². The molecule has 0 aliphatic rings. The molecule has 0 amide bonds. The molecular formula is C14H15BrN2O2. The van der Waals surface area contributed by atoms with Crippen LogP contribution in [0.3, 0.4) is 0 Å². The van der Waals surface area contributed by atoms with Crippen molar-refractivity contribution in [3.8, 4) is 17.0 Å². The maximum absolute atomic E-state index is 9.94. The van der Waals surface area contributed by atoms with Crippen LogP contribution in [0.1, 0.15) is 19.7 Å². The molecule has 0 saturated heterocycles. The molecule has 5 heteroatoms. The molecule has 2 rings (SSSR count). The first kappa shape index (κ1) is 14.0. The van der Waals surface area contributed by atoms with Gasteiger partial charge < -0.3 is 9.84 Å². The SMILES string of the molecule is COc1ccc(-c2ccnc(C(C)(C)O)n2)cc1Br. The molecule has 2 aromatic rings. The molecule has 19 heavy (non-hydrogen) atoms. The van der Waals surface area contributed by atoms with Gasteiger partial charge in [0.25, 0.3) is 0 Å². The van der Waals surface area contributed by atoms with E-state index in [2.05, 4.69) is 25.9 Å². The summed E-state index contributed by atoms with van der Waals surface area (Å²) in [7, 11) is 1.62. The van der Waals surface area contributed by atoms with E-state index in [0.29, 0.717) is 5.82 Å². The summed E-state index contributed by atoms with van der Waals surface area (Å²) < 4.78 is 6.05. The average molecular weight is 323 g/mol. The predicted molar refractivity (Wildman–Crippen MR) is 77.0 cm³/mol. The zero-order valence-corrected chi connectivity index (χ0v) is 12.6. The first-order valence-corrected chi connectivity index (χ1v) is 6.61. The van der Waals surface area contributed by atoms with Crippen LogP contribution in [-0.4, -0.2) is 22.2 Å². The van der Waals surface area contributed by atoms with Crippen LogP contribution in [0.15, 0.2) is 34.9 Å². The fourth-order valence-electron chi connectivity index (χ4n) is 1.64. The van der Waals surface area contributed by atoms with Gasteiger partial charge in [-0.05, 0) is 54.0 Å². The van der Waals surface area contributed by atoms with Crippen molar-refractivity contribution < 1.29 is 9.84 Å². The number of aliphatic hydroxyl groups is 1. The molecule has 0 unspecified atom stereocenters. The van der Waals surface area contributed by atoms with Crippen molar-refractivity contribution in [2.24, 2.45) is 0 Å². The lowest BCUT2D eigenvalue weighted by Crippen LogP contribution is -2.19. The van der Waals surface area contributed by atoms with E-state index in [1.54, 1.807) is 27.2 Å². The highest BCUT2D eigenvalue weighted by Gasteiger charge is 2.20. The topological polar surface area (TPSA) is 55.2 Å². The number of ether oxygens (including phenoxy) is 1. The second-order valence-corrected chi connectivity index (χ2v) is 5.53. The van der Waals surface area contributed by atoms with Gasteiger partial charge in [-0.3, -0.25) is 0 Å². The third kappa shape index (κ3) is 3.11. The molecule has 1 aromatic carbocycles. The molecule has 1 N–H and O–H groups in total. The summed E-state index contributed by atoms with van der Waals surface area (Å²) in [6.45, 7) is 3.33. The van der Waals surface area contributed by atoms with Gasteiger partial charge in [0.05, 0.1) is 17.3 Å². The Morgan fingerprint density at radius 2 is 2.00 bits per heavy atom. The van der Waals surface area contributed by atoms with Crippen LogP contribution in [0.5, 0.6) is 5.75 Å².